The largest absolute Gasteiger partial charge is 0.481 e. The van der Waals surface area contributed by atoms with Crippen LogP contribution >= 0.6 is 0 Å². The number of hydrogen-bond acceptors (Lipinski definition) is 6. The summed E-state index contributed by atoms with van der Waals surface area (Å²) in [6.07, 6.45) is 5.98. The van der Waals surface area contributed by atoms with E-state index in [-0.39, 0.29) is 31.0 Å². The number of nitrogens with one attached hydrogen (secondary N) is 1. The highest BCUT2D eigenvalue weighted by atomic mass is 16.7. The molecule has 0 radical (unpaired) electrons. The lowest BCUT2D eigenvalue weighted by atomic mass is 9.78. The average Bonchev–Trinajstić information content (AvgIpc) is 3.35. The van der Waals surface area contributed by atoms with Crippen LogP contribution in [0.15, 0.2) is 30.3 Å². The van der Waals surface area contributed by atoms with Crippen LogP contribution < -0.4 is 14.8 Å². The molecule has 0 spiro atoms. The maximum atomic E-state index is 12.8. The highest BCUT2D eigenvalue weighted by Gasteiger charge is 2.31. The molecule has 4 heterocycles. The van der Waals surface area contributed by atoms with Crippen molar-refractivity contribution in [2.75, 3.05) is 31.7 Å². The van der Waals surface area contributed by atoms with E-state index in [9.17, 15) is 14.7 Å². The Morgan fingerprint density at radius 1 is 1.14 bits per heavy atom. The number of carbonyl (C=O) groups excluding carboxylic acids is 1. The molecule has 0 bridgehead atoms. The molecule has 3 aliphatic rings. The van der Waals surface area contributed by atoms with Crippen molar-refractivity contribution >= 4 is 17.7 Å². The monoisotopic (exact) mass is 479 g/mol. The number of piperidine rings is 1. The Kier molecular flexibility index (Phi) is 7.06. The van der Waals surface area contributed by atoms with E-state index in [2.05, 4.69) is 17.4 Å². The molecule has 2 aromatic rings. The highest BCUT2D eigenvalue weighted by molar-refractivity contribution is 5.76. The third-order valence-electron chi connectivity index (χ3n) is 7.46. The van der Waals surface area contributed by atoms with Crippen molar-refractivity contribution in [1.82, 2.24) is 9.88 Å². The zero-order valence-electron chi connectivity index (χ0n) is 20.0. The first kappa shape index (κ1) is 23.5. The molecule has 1 fully saturated rings. The van der Waals surface area contributed by atoms with Crippen LogP contribution in [-0.4, -0.2) is 53.3 Å². The molecule has 1 aromatic heterocycles. The first-order valence-corrected chi connectivity index (χ1v) is 12.7. The fraction of sp³-hybridized carbons (Fsp3) is 0.519. The van der Waals surface area contributed by atoms with Crippen molar-refractivity contribution in [3.05, 3.63) is 47.2 Å². The molecule has 186 valence electrons. The third kappa shape index (κ3) is 5.52. The summed E-state index contributed by atoms with van der Waals surface area (Å²) in [4.78, 5) is 31.1. The first-order chi connectivity index (χ1) is 17.1. The Bertz CT molecular complexity index is 1080. The number of likely N-dealkylation sites (tertiary alicyclic amines) is 1. The summed E-state index contributed by atoms with van der Waals surface area (Å²) in [5, 5.41) is 12.9. The van der Waals surface area contributed by atoms with E-state index in [0.29, 0.717) is 31.0 Å². The van der Waals surface area contributed by atoms with E-state index in [1.807, 2.05) is 23.1 Å². The number of aliphatic carboxylic acids is 1. The van der Waals surface area contributed by atoms with E-state index >= 15 is 0 Å². The molecule has 1 saturated heterocycles. The SMILES string of the molecule is O=C(O)CC(c1ccc2c(c1)OCO2)C1CCN(C(=O)CCCc2ccc3c(n2)NCCC3)CC1. The third-order valence-corrected chi connectivity index (χ3v) is 7.46. The normalized spacial score (nSPS) is 18.0. The Morgan fingerprint density at radius 2 is 1.97 bits per heavy atom. The van der Waals surface area contributed by atoms with Gasteiger partial charge in [0.15, 0.2) is 11.5 Å². The van der Waals surface area contributed by atoms with Crippen LogP contribution in [0.2, 0.25) is 0 Å². The van der Waals surface area contributed by atoms with Gasteiger partial charge in [-0.2, -0.15) is 0 Å². The topological polar surface area (TPSA) is 101 Å². The number of carboxylic acid groups (broad SMARTS) is 1. The van der Waals surface area contributed by atoms with Gasteiger partial charge in [-0.1, -0.05) is 12.1 Å². The number of nitrogens with zero attached hydrogens (tertiary/aromatic N) is 2. The van der Waals surface area contributed by atoms with Gasteiger partial charge in [-0.25, -0.2) is 4.98 Å². The van der Waals surface area contributed by atoms with Crippen molar-refractivity contribution in [3.63, 3.8) is 0 Å². The molecule has 1 amide bonds. The van der Waals surface area contributed by atoms with Gasteiger partial charge in [0.25, 0.3) is 0 Å². The number of rotatable bonds is 8. The molecule has 1 atom stereocenters. The van der Waals surface area contributed by atoms with Gasteiger partial charge in [0, 0.05) is 31.7 Å². The van der Waals surface area contributed by atoms with Crippen LogP contribution in [0.3, 0.4) is 0 Å². The van der Waals surface area contributed by atoms with Crippen molar-refractivity contribution in [2.24, 2.45) is 5.92 Å². The predicted molar refractivity (Wildman–Crippen MR) is 131 cm³/mol. The second kappa shape index (κ2) is 10.5. The molecule has 8 heteroatoms. The fourth-order valence-electron chi connectivity index (χ4n) is 5.53. The number of carboxylic acids is 1. The smallest absolute Gasteiger partial charge is 0.303 e. The van der Waals surface area contributed by atoms with Gasteiger partial charge in [-0.3, -0.25) is 9.59 Å². The lowest BCUT2D eigenvalue weighted by Crippen LogP contribution is -2.40. The summed E-state index contributed by atoms with van der Waals surface area (Å²) in [5.41, 5.74) is 3.28. The van der Waals surface area contributed by atoms with Crippen molar-refractivity contribution in [3.8, 4) is 11.5 Å². The maximum absolute atomic E-state index is 12.8. The van der Waals surface area contributed by atoms with Gasteiger partial charge < -0.3 is 24.8 Å². The summed E-state index contributed by atoms with van der Waals surface area (Å²) < 4.78 is 10.9. The van der Waals surface area contributed by atoms with Gasteiger partial charge in [0.2, 0.25) is 12.7 Å². The van der Waals surface area contributed by atoms with Crippen molar-refractivity contribution in [2.45, 2.75) is 57.3 Å². The van der Waals surface area contributed by atoms with Crippen LogP contribution in [0, 0.1) is 5.92 Å². The fourth-order valence-corrected chi connectivity index (χ4v) is 5.53. The first-order valence-electron chi connectivity index (χ1n) is 12.7. The van der Waals surface area contributed by atoms with Crippen LogP contribution in [0.4, 0.5) is 5.82 Å². The molecule has 0 aliphatic carbocycles. The van der Waals surface area contributed by atoms with Gasteiger partial charge in [-0.05, 0) is 79.7 Å². The van der Waals surface area contributed by atoms with Crippen LogP contribution in [-0.2, 0) is 22.4 Å². The molecular formula is C27H33N3O5. The van der Waals surface area contributed by atoms with Gasteiger partial charge >= 0.3 is 5.97 Å². The number of anilines is 1. The number of ether oxygens (including phenoxy) is 2. The van der Waals surface area contributed by atoms with E-state index in [1.165, 1.54) is 5.56 Å². The minimum Gasteiger partial charge on any atom is -0.481 e. The predicted octanol–water partition coefficient (Wildman–Crippen LogP) is 3.99. The standard InChI is InChI=1S/C27H33N3O5/c31-25(5-1-4-21-8-6-19-3-2-12-28-27(19)29-21)30-13-10-18(11-14-30)22(16-26(32)33)20-7-9-23-24(15-20)35-17-34-23/h6-9,15,18,22H,1-5,10-14,16-17H2,(H,28,29)(H,32,33). The van der Waals surface area contributed by atoms with E-state index < -0.39 is 5.97 Å². The second-order valence-electron chi connectivity index (χ2n) is 9.73. The van der Waals surface area contributed by atoms with E-state index in [1.54, 1.807) is 0 Å². The van der Waals surface area contributed by atoms with Gasteiger partial charge in [-0.15, -0.1) is 0 Å². The second-order valence-corrected chi connectivity index (χ2v) is 9.73. The van der Waals surface area contributed by atoms with Crippen LogP contribution in [0.5, 0.6) is 11.5 Å². The van der Waals surface area contributed by atoms with E-state index in [4.69, 9.17) is 14.5 Å². The molecule has 35 heavy (non-hydrogen) atoms. The molecule has 0 saturated carbocycles. The molecular weight excluding hydrogens is 446 g/mol. The summed E-state index contributed by atoms with van der Waals surface area (Å²) >= 11 is 0. The molecule has 2 N–H and O–H groups in total. The molecule has 1 unspecified atom stereocenters. The Labute approximate surface area is 205 Å². The Hall–Kier alpha value is -3.29. The number of fused-ring (bicyclic) bond motifs is 2. The van der Waals surface area contributed by atoms with Crippen LogP contribution in [0.1, 0.15) is 61.3 Å². The number of amides is 1. The lowest BCUT2D eigenvalue weighted by molar-refractivity contribution is -0.138. The van der Waals surface area contributed by atoms with Gasteiger partial charge in [0.1, 0.15) is 5.82 Å². The van der Waals surface area contributed by atoms with Crippen molar-refractivity contribution in [1.29, 1.82) is 0 Å². The summed E-state index contributed by atoms with van der Waals surface area (Å²) in [6, 6.07) is 9.96. The van der Waals surface area contributed by atoms with Crippen LogP contribution in [0.25, 0.3) is 0 Å². The van der Waals surface area contributed by atoms with E-state index in [0.717, 1.165) is 62.1 Å². The Morgan fingerprint density at radius 3 is 2.80 bits per heavy atom. The molecule has 1 aromatic carbocycles. The number of carbonyl (C=O) groups is 2. The van der Waals surface area contributed by atoms with Gasteiger partial charge in [0.05, 0.1) is 6.42 Å². The quantitative estimate of drug-likeness (QED) is 0.590. The summed E-state index contributed by atoms with van der Waals surface area (Å²) in [7, 11) is 0. The number of pyridine rings is 1. The summed E-state index contributed by atoms with van der Waals surface area (Å²) in [6.45, 7) is 2.51. The minimum atomic E-state index is -0.808. The zero-order valence-corrected chi connectivity index (χ0v) is 20.0. The van der Waals surface area contributed by atoms with Crippen molar-refractivity contribution < 1.29 is 24.2 Å². The lowest BCUT2D eigenvalue weighted by Gasteiger charge is -2.36. The average molecular weight is 480 g/mol. The number of aromatic nitrogens is 1. The molecule has 5 rings (SSSR count). The summed E-state index contributed by atoms with van der Waals surface area (Å²) in [5.74, 6) is 1.85. The maximum Gasteiger partial charge on any atom is 0.303 e. The zero-order chi connectivity index (χ0) is 24.2. The number of aryl methyl sites for hydroxylation is 2. The number of hydrogen-bond donors (Lipinski definition) is 2. The number of benzene rings is 1. The minimum absolute atomic E-state index is 0.0703. The Balaban J connectivity index is 1.13. The highest BCUT2D eigenvalue weighted by Crippen LogP contribution is 2.40. The molecule has 8 nitrogen and oxygen atoms in total. The molecule has 3 aliphatic heterocycles.